The van der Waals surface area contributed by atoms with Crippen molar-refractivity contribution in [1.29, 1.82) is 0 Å². The lowest BCUT2D eigenvalue weighted by molar-refractivity contribution is -0.126. The van der Waals surface area contributed by atoms with Crippen LogP contribution >= 0.6 is 0 Å². The molecule has 3 rings (SSSR count). The van der Waals surface area contributed by atoms with Crippen LogP contribution in [0.3, 0.4) is 0 Å². The van der Waals surface area contributed by atoms with Gasteiger partial charge in [0, 0.05) is 18.1 Å². The van der Waals surface area contributed by atoms with Gasteiger partial charge in [0.1, 0.15) is 0 Å². The lowest BCUT2D eigenvalue weighted by Gasteiger charge is -2.23. The minimum absolute atomic E-state index is 0.261. The summed E-state index contributed by atoms with van der Waals surface area (Å²) < 4.78 is 0. The first-order chi connectivity index (χ1) is 8.33. The van der Waals surface area contributed by atoms with Gasteiger partial charge in [0.15, 0.2) is 0 Å². The average Bonchev–Trinajstić information content (AvgIpc) is 2.87. The van der Waals surface area contributed by atoms with E-state index in [1.54, 1.807) is 0 Å². The molecule has 3 aliphatic rings. The van der Waals surface area contributed by atoms with Gasteiger partial charge in [-0.1, -0.05) is 25.7 Å². The highest BCUT2D eigenvalue weighted by Gasteiger charge is 2.42. The van der Waals surface area contributed by atoms with Gasteiger partial charge in [-0.15, -0.1) is 0 Å². The van der Waals surface area contributed by atoms with Gasteiger partial charge in [-0.2, -0.15) is 0 Å². The van der Waals surface area contributed by atoms with Gasteiger partial charge < -0.3 is 10.6 Å². The molecular formula is C14H24N2O. The molecular weight excluding hydrogens is 212 g/mol. The van der Waals surface area contributed by atoms with Crippen LogP contribution in [0.2, 0.25) is 0 Å². The molecule has 0 aromatic rings. The lowest BCUT2D eigenvalue weighted by atomic mass is 9.88. The van der Waals surface area contributed by atoms with Gasteiger partial charge in [-0.05, 0) is 32.1 Å². The molecule has 1 amide bonds. The van der Waals surface area contributed by atoms with Gasteiger partial charge >= 0.3 is 0 Å². The normalized spacial score (nSPS) is 38.0. The third kappa shape index (κ3) is 2.49. The number of amides is 1. The summed E-state index contributed by atoms with van der Waals surface area (Å²) in [6.45, 7) is 0. The average molecular weight is 236 g/mol. The monoisotopic (exact) mass is 236 g/mol. The summed E-state index contributed by atoms with van der Waals surface area (Å²) in [6.07, 6.45) is 11.2. The van der Waals surface area contributed by atoms with Gasteiger partial charge in [-0.3, -0.25) is 4.79 Å². The van der Waals surface area contributed by atoms with E-state index in [9.17, 15) is 4.79 Å². The number of nitrogens with one attached hydrogen (secondary N) is 2. The second kappa shape index (κ2) is 4.97. The summed E-state index contributed by atoms with van der Waals surface area (Å²) in [6, 6.07) is 1.57. The fraction of sp³-hybridized carbons (Fsp3) is 0.929. The van der Waals surface area contributed by atoms with E-state index >= 15 is 0 Å². The highest BCUT2D eigenvalue weighted by Crippen LogP contribution is 2.33. The maximum Gasteiger partial charge on any atom is 0.224 e. The first-order valence-electron chi connectivity index (χ1n) is 7.39. The molecule has 3 atom stereocenters. The Morgan fingerprint density at radius 2 is 1.76 bits per heavy atom. The molecule has 0 spiro atoms. The molecule has 3 unspecified atom stereocenters. The Balaban J connectivity index is 1.52. The number of carbonyl (C=O) groups is 1. The van der Waals surface area contributed by atoms with Crippen LogP contribution in [-0.2, 0) is 4.79 Å². The molecule has 2 N–H and O–H groups in total. The molecule has 2 saturated heterocycles. The summed E-state index contributed by atoms with van der Waals surface area (Å²) in [4.78, 5) is 12.3. The highest BCUT2D eigenvalue weighted by atomic mass is 16.2. The summed E-state index contributed by atoms with van der Waals surface area (Å²) in [7, 11) is 0. The van der Waals surface area contributed by atoms with Crippen molar-refractivity contribution in [3.8, 4) is 0 Å². The second-order valence-electron chi connectivity index (χ2n) is 6.09. The highest BCUT2D eigenvalue weighted by molar-refractivity contribution is 5.80. The van der Waals surface area contributed by atoms with Gasteiger partial charge in [-0.25, -0.2) is 0 Å². The molecule has 1 aliphatic carbocycles. The van der Waals surface area contributed by atoms with Crippen molar-refractivity contribution in [2.75, 3.05) is 0 Å². The van der Waals surface area contributed by atoms with Crippen LogP contribution in [0.4, 0.5) is 0 Å². The molecule has 2 aliphatic heterocycles. The number of carbonyl (C=O) groups excluding carboxylic acids is 1. The Morgan fingerprint density at radius 3 is 2.35 bits per heavy atom. The number of hydrogen-bond donors (Lipinski definition) is 2. The SMILES string of the molecule is O=C(NC1CCCCCC1)C1CC2CCC1N2. The van der Waals surface area contributed by atoms with E-state index in [0.717, 1.165) is 6.42 Å². The predicted octanol–water partition coefficient (Wildman–Crippen LogP) is 1.97. The van der Waals surface area contributed by atoms with Crippen LogP contribution < -0.4 is 10.6 Å². The van der Waals surface area contributed by atoms with Crippen LogP contribution in [0.15, 0.2) is 0 Å². The van der Waals surface area contributed by atoms with Crippen molar-refractivity contribution < 1.29 is 4.79 Å². The zero-order chi connectivity index (χ0) is 11.7. The second-order valence-corrected chi connectivity index (χ2v) is 6.09. The molecule has 2 heterocycles. The summed E-state index contributed by atoms with van der Waals surface area (Å²) in [5.74, 6) is 0.591. The molecule has 3 fully saturated rings. The van der Waals surface area contributed by atoms with Crippen molar-refractivity contribution in [3.05, 3.63) is 0 Å². The van der Waals surface area contributed by atoms with Crippen LogP contribution in [0.25, 0.3) is 0 Å². The largest absolute Gasteiger partial charge is 0.353 e. The van der Waals surface area contributed by atoms with E-state index in [2.05, 4.69) is 10.6 Å². The van der Waals surface area contributed by atoms with Crippen molar-refractivity contribution in [3.63, 3.8) is 0 Å². The van der Waals surface area contributed by atoms with Crippen molar-refractivity contribution in [2.45, 2.75) is 75.9 Å². The molecule has 0 radical (unpaired) electrons. The van der Waals surface area contributed by atoms with Crippen LogP contribution in [-0.4, -0.2) is 24.0 Å². The molecule has 0 aromatic carbocycles. The Hall–Kier alpha value is -0.570. The summed E-state index contributed by atoms with van der Waals surface area (Å²) in [5, 5.41) is 6.85. The van der Waals surface area contributed by atoms with Gasteiger partial charge in [0.25, 0.3) is 0 Å². The van der Waals surface area contributed by atoms with E-state index in [1.807, 2.05) is 0 Å². The number of fused-ring (bicyclic) bond motifs is 2. The van der Waals surface area contributed by atoms with E-state index < -0.39 is 0 Å². The zero-order valence-corrected chi connectivity index (χ0v) is 10.6. The van der Waals surface area contributed by atoms with Gasteiger partial charge in [0.2, 0.25) is 5.91 Å². The van der Waals surface area contributed by atoms with E-state index in [4.69, 9.17) is 0 Å². The molecule has 96 valence electrons. The molecule has 3 heteroatoms. The molecule has 0 aromatic heterocycles. The molecule has 1 saturated carbocycles. The quantitative estimate of drug-likeness (QED) is 0.720. The van der Waals surface area contributed by atoms with Crippen LogP contribution in [0, 0.1) is 5.92 Å². The summed E-state index contributed by atoms with van der Waals surface area (Å²) >= 11 is 0. The first kappa shape index (κ1) is 11.5. The maximum atomic E-state index is 12.3. The predicted molar refractivity (Wildman–Crippen MR) is 67.7 cm³/mol. The van der Waals surface area contributed by atoms with Crippen LogP contribution in [0.5, 0.6) is 0 Å². The van der Waals surface area contributed by atoms with Gasteiger partial charge in [0.05, 0.1) is 5.92 Å². The standard InChI is InChI=1S/C14H24N2O/c17-14(12-9-11-7-8-13(12)15-11)16-10-5-3-1-2-4-6-10/h10-13,15H,1-9H2,(H,16,17). The third-order valence-corrected chi connectivity index (χ3v) is 4.84. The molecule has 2 bridgehead atoms. The lowest BCUT2D eigenvalue weighted by Crippen LogP contribution is -2.42. The van der Waals surface area contributed by atoms with E-state index in [-0.39, 0.29) is 5.92 Å². The third-order valence-electron chi connectivity index (χ3n) is 4.84. The van der Waals surface area contributed by atoms with Crippen molar-refractivity contribution in [1.82, 2.24) is 10.6 Å². The topological polar surface area (TPSA) is 41.1 Å². The minimum atomic E-state index is 0.261. The fourth-order valence-electron chi connectivity index (χ4n) is 3.85. The van der Waals surface area contributed by atoms with Crippen molar-refractivity contribution >= 4 is 5.91 Å². The number of hydrogen-bond acceptors (Lipinski definition) is 2. The summed E-state index contributed by atoms with van der Waals surface area (Å²) in [5.41, 5.74) is 0. The Morgan fingerprint density at radius 1 is 1.00 bits per heavy atom. The Labute approximate surface area is 104 Å². The van der Waals surface area contributed by atoms with Crippen molar-refractivity contribution in [2.24, 2.45) is 5.92 Å². The number of rotatable bonds is 2. The minimum Gasteiger partial charge on any atom is -0.353 e. The Bertz CT molecular complexity index is 284. The zero-order valence-electron chi connectivity index (χ0n) is 10.6. The van der Waals surface area contributed by atoms with E-state index in [1.165, 1.54) is 51.4 Å². The Kier molecular flexibility index (Phi) is 3.37. The van der Waals surface area contributed by atoms with Crippen LogP contribution in [0.1, 0.15) is 57.8 Å². The smallest absolute Gasteiger partial charge is 0.224 e. The fourth-order valence-corrected chi connectivity index (χ4v) is 3.85. The maximum absolute atomic E-state index is 12.3. The molecule has 17 heavy (non-hydrogen) atoms. The first-order valence-corrected chi connectivity index (χ1v) is 7.39. The molecule has 3 nitrogen and oxygen atoms in total. The van der Waals surface area contributed by atoms with E-state index in [0.29, 0.717) is 24.0 Å².